The van der Waals surface area contributed by atoms with Gasteiger partial charge in [0.25, 0.3) is 0 Å². The van der Waals surface area contributed by atoms with Crippen molar-refractivity contribution in [1.29, 1.82) is 0 Å². The number of nitrogens with zero attached hydrogens (tertiary/aromatic N) is 1. The van der Waals surface area contributed by atoms with Gasteiger partial charge in [-0.1, -0.05) is 6.07 Å². The van der Waals surface area contributed by atoms with Crippen LogP contribution in [0, 0.1) is 0 Å². The Hall–Kier alpha value is -1.79. The Morgan fingerprint density at radius 2 is 1.71 bits per heavy atom. The van der Waals surface area contributed by atoms with E-state index in [0.29, 0.717) is 18.0 Å². The SMILES string of the molecule is COc1ccc(CC(=O)N(C)CC(OC)OC)cc1OC. The van der Waals surface area contributed by atoms with Gasteiger partial charge in [-0.2, -0.15) is 0 Å². The summed E-state index contributed by atoms with van der Waals surface area (Å²) in [5.41, 5.74) is 0.857. The van der Waals surface area contributed by atoms with Gasteiger partial charge in [-0.3, -0.25) is 4.79 Å². The van der Waals surface area contributed by atoms with E-state index in [1.165, 1.54) is 0 Å². The fourth-order valence-electron chi connectivity index (χ4n) is 1.87. The minimum absolute atomic E-state index is 0.0266. The first-order chi connectivity index (χ1) is 10.0. The van der Waals surface area contributed by atoms with Crippen molar-refractivity contribution in [2.24, 2.45) is 0 Å². The highest BCUT2D eigenvalue weighted by atomic mass is 16.7. The maximum Gasteiger partial charge on any atom is 0.226 e. The van der Waals surface area contributed by atoms with Crippen LogP contribution in [0.5, 0.6) is 11.5 Å². The molecule has 0 spiro atoms. The molecule has 21 heavy (non-hydrogen) atoms. The van der Waals surface area contributed by atoms with Crippen molar-refractivity contribution in [3.8, 4) is 11.5 Å². The van der Waals surface area contributed by atoms with Crippen molar-refractivity contribution < 1.29 is 23.7 Å². The molecule has 0 radical (unpaired) electrons. The molecule has 118 valence electrons. The van der Waals surface area contributed by atoms with Crippen LogP contribution < -0.4 is 9.47 Å². The van der Waals surface area contributed by atoms with E-state index < -0.39 is 6.29 Å². The molecule has 0 unspecified atom stereocenters. The summed E-state index contributed by atoms with van der Waals surface area (Å²) in [5.74, 6) is 1.22. The Bertz CT molecular complexity index is 459. The number of benzene rings is 1. The van der Waals surface area contributed by atoms with Gasteiger partial charge in [0.1, 0.15) is 0 Å². The van der Waals surface area contributed by atoms with E-state index >= 15 is 0 Å². The van der Waals surface area contributed by atoms with Crippen LogP contribution in [0.15, 0.2) is 18.2 Å². The van der Waals surface area contributed by atoms with Crippen molar-refractivity contribution in [2.75, 3.05) is 42.0 Å². The van der Waals surface area contributed by atoms with Gasteiger partial charge in [0.05, 0.1) is 27.2 Å². The first-order valence-electron chi connectivity index (χ1n) is 6.56. The molecule has 1 aromatic rings. The third-order valence-corrected chi connectivity index (χ3v) is 3.18. The molecule has 0 aromatic heterocycles. The number of amides is 1. The quantitative estimate of drug-likeness (QED) is 0.677. The summed E-state index contributed by atoms with van der Waals surface area (Å²) >= 11 is 0. The molecule has 1 aromatic carbocycles. The van der Waals surface area contributed by atoms with E-state index in [0.717, 1.165) is 5.56 Å². The summed E-state index contributed by atoms with van der Waals surface area (Å²) in [4.78, 5) is 13.8. The predicted octanol–water partition coefficient (Wildman–Crippen LogP) is 1.32. The van der Waals surface area contributed by atoms with Gasteiger partial charge in [0.15, 0.2) is 17.8 Å². The molecule has 1 amide bonds. The van der Waals surface area contributed by atoms with Gasteiger partial charge in [0.2, 0.25) is 5.91 Å². The lowest BCUT2D eigenvalue weighted by atomic mass is 10.1. The highest BCUT2D eigenvalue weighted by Crippen LogP contribution is 2.27. The zero-order valence-corrected chi connectivity index (χ0v) is 13.2. The van der Waals surface area contributed by atoms with Crippen LogP contribution in [0.1, 0.15) is 5.56 Å². The third-order valence-electron chi connectivity index (χ3n) is 3.18. The average molecular weight is 297 g/mol. The number of methoxy groups -OCH3 is 4. The lowest BCUT2D eigenvalue weighted by Gasteiger charge is -2.22. The highest BCUT2D eigenvalue weighted by molar-refractivity contribution is 5.78. The molecule has 0 aliphatic carbocycles. The van der Waals surface area contributed by atoms with E-state index in [9.17, 15) is 4.79 Å². The largest absolute Gasteiger partial charge is 0.493 e. The van der Waals surface area contributed by atoms with E-state index in [1.54, 1.807) is 52.5 Å². The van der Waals surface area contributed by atoms with Crippen LogP contribution in [0.3, 0.4) is 0 Å². The summed E-state index contributed by atoms with van der Waals surface area (Å²) in [6, 6.07) is 5.43. The molecular weight excluding hydrogens is 274 g/mol. The van der Waals surface area contributed by atoms with Crippen LogP contribution in [0.4, 0.5) is 0 Å². The third kappa shape index (κ3) is 4.91. The molecule has 0 bridgehead atoms. The highest BCUT2D eigenvalue weighted by Gasteiger charge is 2.16. The van der Waals surface area contributed by atoms with Gasteiger partial charge in [-0.15, -0.1) is 0 Å². The standard InChI is InChI=1S/C15H23NO5/c1-16(10-15(20-4)21-5)14(17)9-11-6-7-12(18-2)13(8-11)19-3/h6-8,15H,9-10H2,1-5H3. The summed E-state index contributed by atoms with van der Waals surface area (Å²) in [6.45, 7) is 0.374. The van der Waals surface area contributed by atoms with E-state index in [2.05, 4.69) is 0 Å². The zero-order chi connectivity index (χ0) is 15.8. The van der Waals surface area contributed by atoms with E-state index in [-0.39, 0.29) is 12.3 Å². The maximum absolute atomic E-state index is 12.2. The number of hydrogen-bond acceptors (Lipinski definition) is 5. The number of carbonyl (C=O) groups excluding carboxylic acids is 1. The second-order valence-electron chi connectivity index (χ2n) is 4.54. The molecule has 0 heterocycles. The molecule has 1 rings (SSSR count). The fraction of sp³-hybridized carbons (Fsp3) is 0.533. The zero-order valence-electron chi connectivity index (χ0n) is 13.2. The van der Waals surface area contributed by atoms with Gasteiger partial charge in [-0.05, 0) is 17.7 Å². The van der Waals surface area contributed by atoms with Crippen molar-refractivity contribution in [3.63, 3.8) is 0 Å². The van der Waals surface area contributed by atoms with Crippen LogP contribution in [0.2, 0.25) is 0 Å². The van der Waals surface area contributed by atoms with Gasteiger partial charge in [-0.25, -0.2) is 0 Å². The molecule has 6 heteroatoms. The minimum atomic E-state index is -0.427. The minimum Gasteiger partial charge on any atom is -0.493 e. The Kier molecular flexibility index (Phi) is 6.98. The number of hydrogen-bond donors (Lipinski definition) is 0. The molecule has 6 nitrogen and oxygen atoms in total. The number of carbonyl (C=O) groups is 1. The first kappa shape index (κ1) is 17.3. The second kappa shape index (κ2) is 8.49. The van der Waals surface area contributed by atoms with Crippen LogP contribution >= 0.6 is 0 Å². The van der Waals surface area contributed by atoms with E-state index in [4.69, 9.17) is 18.9 Å². The molecule has 0 saturated heterocycles. The predicted molar refractivity (Wildman–Crippen MR) is 78.7 cm³/mol. The van der Waals surface area contributed by atoms with Gasteiger partial charge < -0.3 is 23.8 Å². The Morgan fingerprint density at radius 3 is 2.24 bits per heavy atom. The van der Waals surface area contributed by atoms with Crippen molar-refractivity contribution >= 4 is 5.91 Å². The molecule has 0 aliphatic heterocycles. The Labute approximate surface area is 125 Å². The Balaban J connectivity index is 2.69. The molecule has 0 aliphatic rings. The van der Waals surface area contributed by atoms with Gasteiger partial charge >= 0.3 is 0 Å². The molecule has 0 fully saturated rings. The van der Waals surface area contributed by atoms with Crippen LogP contribution in [-0.2, 0) is 20.7 Å². The number of rotatable bonds is 8. The lowest BCUT2D eigenvalue weighted by molar-refractivity contribution is -0.142. The number of ether oxygens (including phenoxy) is 4. The van der Waals surface area contributed by atoms with Gasteiger partial charge in [0, 0.05) is 21.3 Å². The summed E-state index contributed by atoms with van der Waals surface area (Å²) in [6.07, 6.45) is -0.152. The summed E-state index contributed by atoms with van der Waals surface area (Å²) in [7, 11) is 7.94. The number of likely N-dealkylation sites (N-methyl/N-ethyl adjacent to an activating group) is 1. The van der Waals surface area contributed by atoms with Crippen molar-refractivity contribution in [3.05, 3.63) is 23.8 Å². The molecule has 0 N–H and O–H groups in total. The first-order valence-corrected chi connectivity index (χ1v) is 6.56. The second-order valence-corrected chi connectivity index (χ2v) is 4.54. The van der Waals surface area contributed by atoms with Crippen molar-refractivity contribution in [2.45, 2.75) is 12.7 Å². The Morgan fingerprint density at radius 1 is 1.10 bits per heavy atom. The normalized spacial score (nSPS) is 10.6. The molecular formula is C15H23NO5. The van der Waals surface area contributed by atoms with E-state index in [1.807, 2.05) is 6.07 Å². The smallest absolute Gasteiger partial charge is 0.226 e. The maximum atomic E-state index is 12.2. The monoisotopic (exact) mass is 297 g/mol. The molecule has 0 saturated carbocycles. The topological polar surface area (TPSA) is 57.2 Å². The lowest BCUT2D eigenvalue weighted by Crippen LogP contribution is -2.36. The van der Waals surface area contributed by atoms with Crippen LogP contribution in [0.25, 0.3) is 0 Å². The summed E-state index contributed by atoms with van der Waals surface area (Å²) in [5, 5.41) is 0. The average Bonchev–Trinajstić information content (AvgIpc) is 2.51. The molecule has 0 atom stereocenters. The van der Waals surface area contributed by atoms with Crippen LogP contribution in [-0.4, -0.2) is 59.1 Å². The van der Waals surface area contributed by atoms with Crippen molar-refractivity contribution in [1.82, 2.24) is 4.90 Å². The fourth-order valence-corrected chi connectivity index (χ4v) is 1.87. The summed E-state index contributed by atoms with van der Waals surface area (Å²) < 4.78 is 20.6.